The van der Waals surface area contributed by atoms with Gasteiger partial charge in [-0.05, 0) is 76.2 Å². The van der Waals surface area contributed by atoms with E-state index in [1.165, 1.54) is 37.9 Å². The van der Waals surface area contributed by atoms with E-state index in [2.05, 4.69) is 27.3 Å². The number of ketones is 1. The summed E-state index contributed by atoms with van der Waals surface area (Å²) in [5.41, 5.74) is 1.92. The van der Waals surface area contributed by atoms with Gasteiger partial charge in [-0.3, -0.25) is 19.1 Å². The van der Waals surface area contributed by atoms with Gasteiger partial charge in [-0.15, -0.1) is 10.2 Å². The highest BCUT2D eigenvalue weighted by Crippen LogP contribution is 2.30. The number of methoxy groups -OCH3 is 1. The van der Waals surface area contributed by atoms with Gasteiger partial charge in [-0.25, -0.2) is 0 Å². The summed E-state index contributed by atoms with van der Waals surface area (Å²) in [6, 6.07) is 14.9. The van der Waals surface area contributed by atoms with E-state index in [0.29, 0.717) is 16.4 Å². The molecule has 3 aromatic rings. The second-order valence-corrected chi connectivity index (χ2v) is 9.53. The van der Waals surface area contributed by atoms with Crippen LogP contribution in [0.4, 0.5) is 5.69 Å². The molecule has 1 aromatic heterocycles. The number of anilines is 1. The molecule has 0 bridgehead atoms. The molecule has 1 saturated heterocycles. The van der Waals surface area contributed by atoms with Crippen molar-refractivity contribution in [1.82, 2.24) is 19.7 Å². The van der Waals surface area contributed by atoms with E-state index in [9.17, 15) is 9.59 Å². The van der Waals surface area contributed by atoms with Crippen molar-refractivity contribution in [2.45, 2.75) is 44.3 Å². The maximum Gasteiger partial charge on any atom is 0.234 e. The summed E-state index contributed by atoms with van der Waals surface area (Å²) in [5, 5.41) is 12.5. The molecule has 1 aliphatic rings. The third-order valence-corrected chi connectivity index (χ3v) is 7.14. The smallest absolute Gasteiger partial charge is 0.234 e. The van der Waals surface area contributed by atoms with Crippen LogP contribution in [0.5, 0.6) is 5.75 Å². The van der Waals surface area contributed by atoms with Gasteiger partial charge in [0, 0.05) is 11.3 Å². The molecule has 0 spiro atoms. The first kappa shape index (κ1) is 24.9. The summed E-state index contributed by atoms with van der Waals surface area (Å²) in [7, 11) is 1.64. The molecule has 2 heterocycles. The monoisotopic (exact) mass is 493 g/mol. The summed E-state index contributed by atoms with van der Waals surface area (Å²) < 4.78 is 7.35. The van der Waals surface area contributed by atoms with E-state index in [4.69, 9.17) is 4.74 Å². The van der Waals surface area contributed by atoms with Crippen molar-refractivity contribution in [2.24, 2.45) is 0 Å². The number of carbonyl (C=O) groups excluding carboxylic acids is 2. The average molecular weight is 494 g/mol. The van der Waals surface area contributed by atoms with Crippen LogP contribution in [0.2, 0.25) is 0 Å². The molecule has 9 heteroatoms. The largest absolute Gasteiger partial charge is 0.497 e. The van der Waals surface area contributed by atoms with Crippen molar-refractivity contribution in [3.8, 4) is 11.4 Å². The lowest BCUT2D eigenvalue weighted by atomic mass is 10.1. The third kappa shape index (κ3) is 5.91. The maximum atomic E-state index is 12.8. The van der Waals surface area contributed by atoms with Gasteiger partial charge < -0.3 is 10.1 Å². The number of nitrogens with one attached hydrogen (secondary N) is 1. The molecule has 0 radical (unpaired) electrons. The van der Waals surface area contributed by atoms with Gasteiger partial charge in [0.05, 0.1) is 24.6 Å². The van der Waals surface area contributed by atoms with Gasteiger partial charge in [0.1, 0.15) is 5.75 Å². The fraction of sp³-hybridized carbons (Fsp3) is 0.385. The molecule has 1 amide bonds. The van der Waals surface area contributed by atoms with Crippen LogP contribution in [0.15, 0.2) is 53.7 Å². The number of nitrogens with zero attached hydrogens (tertiary/aromatic N) is 4. The first-order chi connectivity index (χ1) is 17.0. The molecule has 4 rings (SSSR count). The number of amides is 1. The molecule has 35 heavy (non-hydrogen) atoms. The van der Waals surface area contributed by atoms with Gasteiger partial charge in [0.25, 0.3) is 0 Å². The second-order valence-electron chi connectivity index (χ2n) is 8.59. The third-order valence-electron chi connectivity index (χ3n) is 6.21. The molecule has 2 aromatic carbocycles. The Morgan fingerprint density at radius 1 is 1.06 bits per heavy atom. The van der Waals surface area contributed by atoms with Gasteiger partial charge in [-0.2, -0.15) is 0 Å². The molecule has 0 saturated carbocycles. The number of carbonyl (C=O) groups is 2. The first-order valence-electron chi connectivity index (χ1n) is 11.8. The Morgan fingerprint density at radius 3 is 2.46 bits per heavy atom. The minimum absolute atomic E-state index is 0.0931. The molecule has 8 nitrogen and oxygen atoms in total. The number of likely N-dealkylation sites (tertiary alicyclic amines) is 1. The Balaban J connectivity index is 1.56. The van der Waals surface area contributed by atoms with Crippen LogP contribution in [-0.4, -0.2) is 57.3 Å². The van der Waals surface area contributed by atoms with Crippen LogP contribution in [0, 0.1) is 0 Å². The summed E-state index contributed by atoms with van der Waals surface area (Å²) in [5.74, 6) is 1.45. The molecule has 1 fully saturated rings. The standard InChI is InChI=1S/C26H31N5O3S/c1-18(30-15-7-4-8-16-30)25-28-29-26(31(25)20-11-13-21(34-3)14-12-20)35-17-24(33)27-23-10-6-5-9-22(23)19(2)32/h5-6,9-14,18H,4,7-8,15-17H2,1-3H3,(H,27,33)/t18-/m1/s1. The highest BCUT2D eigenvalue weighted by Gasteiger charge is 2.26. The van der Waals surface area contributed by atoms with E-state index in [-0.39, 0.29) is 23.5 Å². The fourth-order valence-corrected chi connectivity index (χ4v) is 5.06. The van der Waals surface area contributed by atoms with Crippen molar-refractivity contribution in [2.75, 3.05) is 31.3 Å². The predicted octanol–water partition coefficient (Wildman–Crippen LogP) is 4.76. The van der Waals surface area contributed by atoms with Crippen molar-refractivity contribution >= 4 is 29.1 Å². The van der Waals surface area contributed by atoms with Crippen molar-refractivity contribution in [1.29, 1.82) is 0 Å². The lowest BCUT2D eigenvalue weighted by molar-refractivity contribution is -0.113. The maximum absolute atomic E-state index is 12.8. The summed E-state index contributed by atoms with van der Waals surface area (Å²) >= 11 is 1.32. The Bertz CT molecular complexity index is 1170. The number of hydrogen-bond donors (Lipinski definition) is 1. The van der Waals surface area contributed by atoms with Gasteiger partial charge in [-0.1, -0.05) is 30.3 Å². The minimum Gasteiger partial charge on any atom is -0.497 e. The quantitative estimate of drug-likeness (QED) is 0.340. The van der Waals surface area contributed by atoms with Gasteiger partial charge >= 0.3 is 0 Å². The second kappa shape index (κ2) is 11.5. The van der Waals surface area contributed by atoms with Gasteiger partial charge in [0.15, 0.2) is 16.8 Å². The zero-order valence-electron chi connectivity index (χ0n) is 20.4. The molecule has 1 aliphatic heterocycles. The molecule has 1 N–H and O–H groups in total. The van der Waals surface area contributed by atoms with E-state index < -0.39 is 0 Å². The Kier molecular flexibility index (Phi) is 8.20. The van der Waals surface area contributed by atoms with E-state index in [1.807, 2.05) is 28.8 Å². The molecule has 184 valence electrons. The minimum atomic E-state index is -0.210. The first-order valence-corrected chi connectivity index (χ1v) is 12.8. The highest BCUT2D eigenvalue weighted by atomic mass is 32.2. The number of hydrogen-bond acceptors (Lipinski definition) is 7. The predicted molar refractivity (Wildman–Crippen MR) is 138 cm³/mol. The van der Waals surface area contributed by atoms with Crippen LogP contribution in [0.3, 0.4) is 0 Å². The van der Waals surface area contributed by atoms with Crippen LogP contribution in [-0.2, 0) is 4.79 Å². The fourth-order valence-electron chi connectivity index (χ4n) is 4.30. The number of aromatic nitrogens is 3. The summed E-state index contributed by atoms with van der Waals surface area (Å²) in [4.78, 5) is 27.1. The number of ether oxygens (including phenoxy) is 1. The molecule has 0 unspecified atom stereocenters. The normalized spacial score (nSPS) is 14.9. The van der Waals surface area contributed by atoms with Crippen molar-refractivity contribution in [3.05, 3.63) is 59.9 Å². The van der Waals surface area contributed by atoms with Gasteiger partial charge in [0.2, 0.25) is 5.91 Å². The van der Waals surface area contributed by atoms with Crippen LogP contribution in [0.25, 0.3) is 5.69 Å². The van der Waals surface area contributed by atoms with E-state index >= 15 is 0 Å². The number of para-hydroxylation sites is 1. The lowest BCUT2D eigenvalue weighted by Gasteiger charge is -2.31. The Morgan fingerprint density at radius 2 is 1.77 bits per heavy atom. The highest BCUT2D eigenvalue weighted by molar-refractivity contribution is 7.99. The topological polar surface area (TPSA) is 89.3 Å². The number of Topliss-reactive ketones (excluding diaryl/α,β-unsaturated/α-hetero) is 1. The van der Waals surface area contributed by atoms with E-state index in [1.54, 1.807) is 31.4 Å². The lowest BCUT2D eigenvalue weighted by Crippen LogP contribution is -2.33. The summed E-state index contributed by atoms with van der Waals surface area (Å²) in [6.07, 6.45) is 3.63. The number of rotatable bonds is 9. The Hall–Kier alpha value is -3.17. The molecule has 1 atom stereocenters. The van der Waals surface area contributed by atoms with Crippen LogP contribution in [0.1, 0.15) is 55.3 Å². The molecular formula is C26H31N5O3S. The van der Waals surface area contributed by atoms with Crippen LogP contribution >= 0.6 is 11.8 Å². The SMILES string of the molecule is COc1ccc(-n2c(SCC(=O)Nc3ccccc3C(C)=O)nnc2[C@@H](C)N2CCCCC2)cc1. The number of piperidine rings is 1. The van der Waals surface area contributed by atoms with Crippen LogP contribution < -0.4 is 10.1 Å². The zero-order valence-corrected chi connectivity index (χ0v) is 21.2. The molecule has 0 aliphatic carbocycles. The Labute approximate surface area is 210 Å². The average Bonchev–Trinajstić information content (AvgIpc) is 3.31. The number of benzene rings is 2. The van der Waals surface area contributed by atoms with Crippen molar-refractivity contribution < 1.29 is 14.3 Å². The molecular weight excluding hydrogens is 462 g/mol. The number of thioether (sulfide) groups is 1. The van der Waals surface area contributed by atoms with Crippen molar-refractivity contribution in [3.63, 3.8) is 0 Å². The van der Waals surface area contributed by atoms with E-state index in [0.717, 1.165) is 30.4 Å². The zero-order chi connectivity index (χ0) is 24.8. The summed E-state index contributed by atoms with van der Waals surface area (Å²) in [6.45, 7) is 5.73.